The molecule has 5 nitrogen and oxygen atoms in total. The van der Waals surface area contributed by atoms with Gasteiger partial charge in [-0.2, -0.15) is 0 Å². The molecular weight excluding hydrogens is 338 g/mol. The summed E-state index contributed by atoms with van der Waals surface area (Å²) in [4.78, 5) is 24.8. The molecule has 0 saturated carbocycles. The highest BCUT2D eigenvalue weighted by Crippen LogP contribution is 2.13. The van der Waals surface area contributed by atoms with Gasteiger partial charge in [0.1, 0.15) is 6.04 Å². The van der Waals surface area contributed by atoms with Gasteiger partial charge in [0.15, 0.2) is 0 Å². The van der Waals surface area contributed by atoms with Gasteiger partial charge in [-0.1, -0.05) is 25.4 Å². The molecule has 1 aromatic carbocycles. The number of carbonyl (C=O) groups excluding carboxylic acids is 2. The van der Waals surface area contributed by atoms with Crippen molar-refractivity contribution in [3.8, 4) is 0 Å². The van der Waals surface area contributed by atoms with Crippen molar-refractivity contribution < 1.29 is 9.59 Å². The number of rotatable bonds is 7. The molecular formula is C19H28ClN3O2. The van der Waals surface area contributed by atoms with Gasteiger partial charge >= 0.3 is 0 Å². The van der Waals surface area contributed by atoms with Crippen molar-refractivity contribution in [3.63, 3.8) is 0 Å². The number of piperidine rings is 1. The van der Waals surface area contributed by atoms with Crippen molar-refractivity contribution in [1.82, 2.24) is 16.0 Å². The van der Waals surface area contributed by atoms with Crippen molar-refractivity contribution in [2.75, 3.05) is 19.6 Å². The van der Waals surface area contributed by atoms with Gasteiger partial charge in [-0.3, -0.25) is 9.59 Å². The predicted octanol–water partition coefficient (Wildman–Crippen LogP) is 2.60. The fraction of sp³-hybridized carbons (Fsp3) is 0.579. The maximum atomic E-state index is 12.5. The SMILES string of the molecule is CC(C)C(NC(=O)c1ccc(Cl)cc1)C(=O)NCCC1CCCNC1. The molecule has 0 spiro atoms. The topological polar surface area (TPSA) is 70.2 Å². The van der Waals surface area contributed by atoms with Crippen LogP contribution in [0.25, 0.3) is 0 Å². The zero-order valence-electron chi connectivity index (χ0n) is 15.0. The van der Waals surface area contributed by atoms with Crippen molar-refractivity contribution >= 4 is 23.4 Å². The lowest BCUT2D eigenvalue weighted by Gasteiger charge is -2.24. The van der Waals surface area contributed by atoms with Gasteiger partial charge < -0.3 is 16.0 Å². The average Bonchev–Trinajstić information content (AvgIpc) is 2.60. The number of halogens is 1. The predicted molar refractivity (Wildman–Crippen MR) is 101 cm³/mol. The molecule has 1 fully saturated rings. The lowest BCUT2D eigenvalue weighted by molar-refractivity contribution is -0.124. The molecule has 3 N–H and O–H groups in total. The number of hydrogen-bond donors (Lipinski definition) is 3. The Morgan fingerprint density at radius 1 is 1.28 bits per heavy atom. The Morgan fingerprint density at radius 2 is 2.00 bits per heavy atom. The minimum absolute atomic E-state index is 0.00703. The molecule has 0 bridgehead atoms. The van der Waals surface area contributed by atoms with Crippen LogP contribution < -0.4 is 16.0 Å². The quantitative estimate of drug-likeness (QED) is 0.695. The summed E-state index contributed by atoms with van der Waals surface area (Å²) >= 11 is 5.84. The maximum Gasteiger partial charge on any atom is 0.251 e. The van der Waals surface area contributed by atoms with Crippen LogP contribution in [0, 0.1) is 11.8 Å². The van der Waals surface area contributed by atoms with E-state index in [1.807, 2.05) is 13.8 Å². The van der Waals surface area contributed by atoms with Gasteiger partial charge in [0, 0.05) is 17.1 Å². The molecule has 0 aromatic heterocycles. The Hall–Kier alpha value is -1.59. The van der Waals surface area contributed by atoms with Gasteiger partial charge in [-0.05, 0) is 68.5 Å². The first kappa shape index (κ1) is 19.7. The monoisotopic (exact) mass is 365 g/mol. The first-order valence-electron chi connectivity index (χ1n) is 9.02. The maximum absolute atomic E-state index is 12.5. The Kier molecular flexibility index (Phi) is 7.72. The fourth-order valence-electron chi connectivity index (χ4n) is 3.04. The Labute approximate surface area is 154 Å². The van der Waals surface area contributed by atoms with E-state index in [0.717, 1.165) is 19.5 Å². The zero-order valence-corrected chi connectivity index (χ0v) is 15.7. The van der Waals surface area contributed by atoms with Crippen LogP contribution in [0.3, 0.4) is 0 Å². The molecule has 138 valence electrons. The van der Waals surface area contributed by atoms with E-state index in [1.54, 1.807) is 24.3 Å². The summed E-state index contributed by atoms with van der Waals surface area (Å²) < 4.78 is 0. The van der Waals surface area contributed by atoms with Crippen LogP contribution in [0.15, 0.2) is 24.3 Å². The Balaban J connectivity index is 1.84. The summed E-state index contributed by atoms with van der Waals surface area (Å²) in [7, 11) is 0. The molecule has 1 aromatic rings. The summed E-state index contributed by atoms with van der Waals surface area (Å²) in [6, 6.07) is 6.09. The molecule has 1 aliphatic rings. The van der Waals surface area contributed by atoms with Gasteiger partial charge in [-0.15, -0.1) is 0 Å². The highest BCUT2D eigenvalue weighted by molar-refractivity contribution is 6.30. The summed E-state index contributed by atoms with van der Waals surface area (Å²) in [5.41, 5.74) is 0.496. The largest absolute Gasteiger partial charge is 0.354 e. The average molecular weight is 366 g/mol. The second kappa shape index (κ2) is 9.78. The number of amides is 2. The summed E-state index contributed by atoms with van der Waals surface area (Å²) in [5.74, 6) is 0.242. The third-order valence-corrected chi connectivity index (χ3v) is 4.84. The summed E-state index contributed by atoms with van der Waals surface area (Å²) in [6.07, 6.45) is 3.38. The highest BCUT2D eigenvalue weighted by Gasteiger charge is 2.24. The second-order valence-electron chi connectivity index (χ2n) is 6.99. The molecule has 2 amide bonds. The summed E-state index contributed by atoms with van der Waals surface area (Å²) in [6.45, 7) is 6.62. The van der Waals surface area contributed by atoms with Crippen LogP contribution in [-0.2, 0) is 4.79 Å². The molecule has 2 atom stereocenters. The van der Waals surface area contributed by atoms with E-state index in [4.69, 9.17) is 11.6 Å². The summed E-state index contributed by atoms with van der Waals surface area (Å²) in [5, 5.41) is 9.77. The van der Waals surface area contributed by atoms with Crippen molar-refractivity contribution in [3.05, 3.63) is 34.9 Å². The van der Waals surface area contributed by atoms with Crippen molar-refractivity contribution in [1.29, 1.82) is 0 Å². The zero-order chi connectivity index (χ0) is 18.2. The molecule has 2 rings (SSSR count). The van der Waals surface area contributed by atoms with Crippen LogP contribution in [-0.4, -0.2) is 37.5 Å². The smallest absolute Gasteiger partial charge is 0.251 e. The number of benzene rings is 1. The number of nitrogens with one attached hydrogen (secondary N) is 3. The third kappa shape index (κ3) is 6.33. The molecule has 1 heterocycles. The lowest BCUT2D eigenvalue weighted by Crippen LogP contribution is -2.50. The van der Waals surface area contributed by atoms with Gasteiger partial charge in [-0.25, -0.2) is 0 Å². The first-order valence-corrected chi connectivity index (χ1v) is 9.40. The molecule has 0 aliphatic carbocycles. The first-order chi connectivity index (χ1) is 12.0. The van der Waals surface area contributed by atoms with Crippen LogP contribution >= 0.6 is 11.6 Å². The van der Waals surface area contributed by atoms with Gasteiger partial charge in [0.05, 0.1) is 0 Å². The van der Waals surface area contributed by atoms with E-state index in [1.165, 1.54) is 12.8 Å². The van der Waals surface area contributed by atoms with E-state index in [9.17, 15) is 9.59 Å². The van der Waals surface area contributed by atoms with E-state index in [2.05, 4.69) is 16.0 Å². The Morgan fingerprint density at radius 3 is 2.60 bits per heavy atom. The van der Waals surface area contributed by atoms with Gasteiger partial charge in [0.2, 0.25) is 5.91 Å². The minimum Gasteiger partial charge on any atom is -0.354 e. The molecule has 6 heteroatoms. The fourth-order valence-corrected chi connectivity index (χ4v) is 3.17. The van der Waals surface area contributed by atoms with E-state index in [0.29, 0.717) is 23.0 Å². The third-order valence-electron chi connectivity index (χ3n) is 4.59. The normalized spacial score (nSPS) is 18.6. The molecule has 0 radical (unpaired) electrons. The minimum atomic E-state index is -0.548. The van der Waals surface area contributed by atoms with Crippen molar-refractivity contribution in [2.45, 2.75) is 39.2 Å². The molecule has 25 heavy (non-hydrogen) atoms. The van der Waals surface area contributed by atoms with Crippen LogP contribution in [0.4, 0.5) is 0 Å². The van der Waals surface area contributed by atoms with E-state index >= 15 is 0 Å². The molecule has 2 unspecified atom stereocenters. The highest BCUT2D eigenvalue weighted by atomic mass is 35.5. The van der Waals surface area contributed by atoms with E-state index in [-0.39, 0.29) is 17.7 Å². The number of hydrogen-bond acceptors (Lipinski definition) is 3. The van der Waals surface area contributed by atoms with E-state index < -0.39 is 6.04 Å². The van der Waals surface area contributed by atoms with Crippen LogP contribution in [0.5, 0.6) is 0 Å². The Bertz CT molecular complexity index is 569. The van der Waals surface area contributed by atoms with Crippen molar-refractivity contribution in [2.24, 2.45) is 11.8 Å². The van der Waals surface area contributed by atoms with Crippen LogP contribution in [0.1, 0.15) is 43.5 Å². The van der Waals surface area contributed by atoms with Gasteiger partial charge in [0.25, 0.3) is 5.91 Å². The second-order valence-corrected chi connectivity index (χ2v) is 7.43. The molecule has 1 saturated heterocycles. The molecule has 1 aliphatic heterocycles. The standard InChI is InChI=1S/C19H28ClN3O2/c1-13(2)17(23-18(24)15-5-7-16(20)8-6-15)19(25)22-11-9-14-4-3-10-21-12-14/h5-8,13-14,17,21H,3-4,9-12H2,1-2H3,(H,22,25)(H,23,24). The lowest BCUT2D eigenvalue weighted by atomic mass is 9.96. The van der Waals surface area contributed by atoms with Crippen LogP contribution in [0.2, 0.25) is 5.02 Å². The number of carbonyl (C=O) groups is 2.